The lowest BCUT2D eigenvalue weighted by atomic mass is 9.96. The number of nitrogens with zero attached hydrogens (tertiary/aromatic N) is 4. The summed E-state index contributed by atoms with van der Waals surface area (Å²) in [6.07, 6.45) is 5.19. The average molecular weight is 551 g/mol. The van der Waals surface area contributed by atoms with Crippen LogP contribution in [0.3, 0.4) is 0 Å². The van der Waals surface area contributed by atoms with Crippen LogP contribution in [0.1, 0.15) is 56.5 Å². The second kappa shape index (κ2) is 10.2. The summed E-state index contributed by atoms with van der Waals surface area (Å²) in [5.74, 6) is -0.557. The van der Waals surface area contributed by atoms with Crippen molar-refractivity contribution >= 4 is 33.9 Å². The number of nitrogens with one attached hydrogen (secondary N) is 4. The van der Waals surface area contributed by atoms with E-state index < -0.39 is 12.0 Å². The first kappa shape index (κ1) is 26.9. The number of hydrogen-bond acceptors (Lipinski definition) is 9. The zero-order valence-corrected chi connectivity index (χ0v) is 23.1. The normalized spacial score (nSPS) is 16.9. The topological polar surface area (TPSA) is 121 Å². The molecule has 39 heavy (non-hydrogen) atoms. The highest BCUT2D eigenvalue weighted by Crippen LogP contribution is 2.42. The Morgan fingerprint density at radius 2 is 2.08 bits per heavy atom. The molecule has 9 nitrogen and oxygen atoms in total. The second-order valence-electron chi connectivity index (χ2n) is 11.4. The molecular weight excluding hydrogens is 519 g/mol. The largest absolute Gasteiger partial charge is 0.394 e. The van der Waals surface area contributed by atoms with Gasteiger partial charge in [-0.15, -0.1) is 5.53 Å². The van der Waals surface area contributed by atoms with Gasteiger partial charge in [-0.25, -0.2) is 4.98 Å². The van der Waals surface area contributed by atoms with Gasteiger partial charge in [0.1, 0.15) is 6.07 Å². The Labute approximate surface area is 232 Å². The van der Waals surface area contributed by atoms with E-state index in [2.05, 4.69) is 58.4 Å². The number of aliphatic hydroxyl groups is 1. The van der Waals surface area contributed by atoms with Crippen molar-refractivity contribution in [2.75, 3.05) is 23.8 Å². The van der Waals surface area contributed by atoms with Crippen molar-refractivity contribution < 1.29 is 9.50 Å². The van der Waals surface area contributed by atoms with Gasteiger partial charge in [-0.1, -0.05) is 38.4 Å². The smallest absolute Gasteiger partial charge is 0.213 e. The zero-order chi connectivity index (χ0) is 27.9. The van der Waals surface area contributed by atoms with E-state index in [0.29, 0.717) is 45.1 Å². The number of rotatable bonds is 8. The van der Waals surface area contributed by atoms with Crippen molar-refractivity contribution in [3.05, 3.63) is 70.2 Å². The third-order valence-electron chi connectivity index (χ3n) is 7.09. The number of aryl methyl sites for hydroxylation is 1. The predicted molar refractivity (Wildman–Crippen MR) is 150 cm³/mol. The summed E-state index contributed by atoms with van der Waals surface area (Å²) in [5, 5.41) is 29.7. The standard InChI is InChI=1S/C28H32ClFN8O/c1-16-19(5-6-23(30)34-16)26(22-13-38(37-36-22)28(15-39)7-8-28)35-18-9-20-24(33-14-27(2,3)4)17(11-31)12-32-25(20)21(29)10-18/h5-6,9-10,12-13,26,35-37,39H,7-8,14-15H2,1-4H3,(H,32,33)/t26-/m0/s1. The van der Waals surface area contributed by atoms with Crippen molar-refractivity contribution in [2.45, 2.75) is 52.1 Å². The van der Waals surface area contributed by atoms with E-state index in [9.17, 15) is 14.8 Å². The number of fused-ring (bicyclic) bond motifs is 1. The molecule has 0 spiro atoms. The predicted octanol–water partition coefficient (Wildman–Crippen LogP) is 4.90. The molecule has 0 radical (unpaired) electrons. The maximum atomic E-state index is 13.9. The summed E-state index contributed by atoms with van der Waals surface area (Å²) in [7, 11) is 0. The molecular formula is C28H32ClFN8O. The highest BCUT2D eigenvalue weighted by atomic mass is 35.5. The van der Waals surface area contributed by atoms with E-state index in [4.69, 9.17) is 11.6 Å². The Hall–Kier alpha value is -3.65. The molecule has 0 amide bonds. The molecule has 3 aromatic rings. The van der Waals surface area contributed by atoms with Crippen LogP contribution in [0.25, 0.3) is 10.9 Å². The number of halogens is 2. The van der Waals surface area contributed by atoms with Crippen molar-refractivity contribution in [3.63, 3.8) is 0 Å². The van der Waals surface area contributed by atoms with Gasteiger partial charge in [0.05, 0.1) is 45.7 Å². The van der Waals surface area contributed by atoms with Crippen molar-refractivity contribution in [1.82, 2.24) is 25.9 Å². The fourth-order valence-electron chi connectivity index (χ4n) is 4.66. The number of aromatic nitrogens is 2. The Morgan fingerprint density at radius 3 is 2.72 bits per heavy atom. The molecule has 1 saturated carbocycles. The van der Waals surface area contributed by atoms with Crippen molar-refractivity contribution in [2.24, 2.45) is 5.41 Å². The van der Waals surface area contributed by atoms with Gasteiger partial charge in [-0.2, -0.15) is 9.65 Å². The van der Waals surface area contributed by atoms with Crippen LogP contribution >= 0.6 is 11.6 Å². The molecule has 1 aromatic carbocycles. The third-order valence-corrected chi connectivity index (χ3v) is 7.38. The Balaban J connectivity index is 1.58. The van der Waals surface area contributed by atoms with Gasteiger partial charge in [0.15, 0.2) is 0 Å². The number of pyridine rings is 2. The Bertz CT molecular complexity index is 1490. The minimum Gasteiger partial charge on any atom is -0.394 e. The van der Waals surface area contributed by atoms with Gasteiger partial charge in [-0.05, 0) is 43.4 Å². The second-order valence-corrected chi connectivity index (χ2v) is 11.8. The number of hydrogen-bond donors (Lipinski definition) is 5. The van der Waals surface area contributed by atoms with Gasteiger partial charge in [0.2, 0.25) is 5.95 Å². The fraction of sp³-hybridized carbons (Fsp3) is 0.393. The van der Waals surface area contributed by atoms with Crippen LogP contribution in [0.5, 0.6) is 0 Å². The zero-order valence-electron chi connectivity index (χ0n) is 22.4. The van der Waals surface area contributed by atoms with Crippen LogP contribution in [-0.4, -0.2) is 38.8 Å². The molecule has 5 N–H and O–H groups in total. The van der Waals surface area contributed by atoms with Crippen LogP contribution in [0, 0.1) is 29.6 Å². The monoisotopic (exact) mass is 550 g/mol. The molecule has 2 aliphatic rings. The lowest BCUT2D eigenvalue weighted by Gasteiger charge is -2.24. The molecule has 0 saturated heterocycles. The molecule has 1 fully saturated rings. The van der Waals surface area contributed by atoms with Crippen LogP contribution in [0.15, 0.2) is 42.4 Å². The maximum Gasteiger partial charge on any atom is 0.213 e. The number of anilines is 2. The summed E-state index contributed by atoms with van der Waals surface area (Å²) < 4.78 is 13.9. The van der Waals surface area contributed by atoms with Gasteiger partial charge in [0.25, 0.3) is 0 Å². The molecule has 0 bridgehead atoms. The van der Waals surface area contributed by atoms with Crippen LogP contribution in [0.4, 0.5) is 15.8 Å². The molecule has 0 unspecified atom stereocenters. The van der Waals surface area contributed by atoms with Crippen molar-refractivity contribution in [3.8, 4) is 6.07 Å². The molecule has 11 heteroatoms. The number of hydrazine groups is 2. The Kier molecular flexibility index (Phi) is 7.01. The van der Waals surface area contributed by atoms with E-state index >= 15 is 0 Å². The third kappa shape index (κ3) is 5.43. The average Bonchev–Trinajstić information content (AvgIpc) is 3.53. The molecule has 2 aromatic heterocycles. The van der Waals surface area contributed by atoms with E-state index in [0.717, 1.165) is 24.1 Å². The first-order valence-corrected chi connectivity index (χ1v) is 13.2. The summed E-state index contributed by atoms with van der Waals surface area (Å²) in [5.41, 5.74) is 10.4. The molecule has 1 aliphatic heterocycles. The molecule has 1 aliphatic carbocycles. The van der Waals surface area contributed by atoms with E-state index in [1.54, 1.807) is 19.1 Å². The maximum absolute atomic E-state index is 13.9. The highest BCUT2D eigenvalue weighted by molar-refractivity contribution is 6.35. The number of nitriles is 1. The lowest BCUT2D eigenvalue weighted by Crippen LogP contribution is -2.46. The first-order valence-electron chi connectivity index (χ1n) is 12.8. The summed E-state index contributed by atoms with van der Waals surface area (Å²) in [4.78, 5) is 8.49. The van der Waals surface area contributed by atoms with Gasteiger partial charge in [0, 0.05) is 41.3 Å². The van der Waals surface area contributed by atoms with Crippen LogP contribution in [0.2, 0.25) is 5.02 Å². The Morgan fingerprint density at radius 1 is 1.31 bits per heavy atom. The lowest BCUT2D eigenvalue weighted by molar-refractivity contribution is 0.106. The van der Waals surface area contributed by atoms with Gasteiger partial charge in [-0.3, -0.25) is 9.99 Å². The van der Waals surface area contributed by atoms with Crippen LogP contribution < -0.4 is 21.6 Å². The highest BCUT2D eigenvalue weighted by Gasteiger charge is 2.48. The fourth-order valence-corrected chi connectivity index (χ4v) is 4.93. The summed E-state index contributed by atoms with van der Waals surface area (Å²) in [6.45, 7) is 8.77. The quantitative estimate of drug-likeness (QED) is 0.249. The van der Waals surface area contributed by atoms with Crippen molar-refractivity contribution in [1.29, 1.82) is 5.26 Å². The minimum atomic E-state index is -0.557. The SMILES string of the molecule is Cc1nc(F)ccc1[C@H](Nc1cc(Cl)c2ncc(C#N)c(NCC(C)(C)C)c2c1)C1=CN(C2(CO)CC2)NN1. The van der Waals surface area contributed by atoms with Crippen LogP contribution in [-0.2, 0) is 0 Å². The number of benzene rings is 1. The summed E-state index contributed by atoms with van der Waals surface area (Å²) in [6, 6.07) is 8.50. The molecule has 204 valence electrons. The number of aliphatic hydroxyl groups excluding tert-OH is 1. The first-order chi connectivity index (χ1) is 18.5. The molecule has 5 rings (SSSR count). The van der Waals surface area contributed by atoms with Gasteiger partial charge >= 0.3 is 0 Å². The molecule has 3 heterocycles. The minimum absolute atomic E-state index is 0.0207. The summed E-state index contributed by atoms with van der Waals surface area (Å²) >= 11 is 6.72. The molecule has 1 atom stereocenters. The van der Waals surface area contributed by atoms with E-state index in [1.165, 1.54) is 12.3 Å². The van der Waals surface area contributed by atoms with E-state index in [1.807, 2.05) is 17.3 Å². The van der Waals surface area contributed by atoms with E-state index in [-0.39, 0.29) is 17.6 Å². The van der Waals surface area contributed by atoms with Gasteiger partial charge < -0.3 is 21.2 Å².